The Morgan fingerprint density at radius 2 is 0.412 bits per heavy atom. The summed E-state index contributed by atoms with van der Waals surface area (Å²) in [4.78, 5) is 0. The summed E-state index contributed by atoms with van der Waals surface area (Å²) >= 11 is -17.4. The topological polar surface area (TPSA) is 229 Å². The minimum absolute atomic E-state index is 0. The van der Waals surface area contributed by atoms with Gasteiger partial charge >= 0.3 is 116 Å². The second kappa shape index (κ2) is 26.4. The number of hydrogen-bond donors (Lipinski definition) is 0. The van der Waals surface area contributed by atoms with E-state index in [1.807, 2.05) is 0 Å². The molecule has 17 heavy (non-hydrogen) atoms. The second-order valence-electron chi connectivity index (χ2n) is 0.894. The zero-order valence-corrected chi connectivity index (χ0v) is 22.3. The molecule has 0 N–H and O–H groups in total. The van der Waals surface area contributed by atoms with Crippen molar-refractivity contribution in [1.29, 1.82) is 0 Å². The van der Waals surface area contributed by atoms with E-state index >= 15 is 0 Å². The van der Waals surface area contributed by atoms with Crippen LogP contribution in [0.4, 0.5) is 0 Å². The van der Waals surface area contributed by atoms with Gasteiger partial charge in [-0.15, -0.1) is 0 Å². The molecule has 0 atom stereocenters. The molecule has 0 aliphatic rings. The molecule has 0 bridgehead atoms. The average molecular weight is 1110 g/mol. The second-order valence-corrected chi connectivity index (χ2v) is 7.32. The summed E-state index contributed by atoms with van der Waals surface area (Å²) in [6.07, 6.45) is 0. The fourth-order valence-corrected chi connectivity index (χ4v) is 0. The van der Waals surface area contributed by atoms with Crippen molar-refractivity contribution in [3.63, 3.8) is 0 Å². The van der Waals surface area contributed by atoms with E-state index in [0.29, 0.717) is 0 Å². The summed E-state index contributed by atoms with van der Waals surface area (Å²) in [7, 11) is 0. The van der Waals surface area contributed by atoms with Gasteiger partial charge in [-0.25, -0.2) is 0 Å². The van der Waals surface area contributed by atoms with Gasteiger partial charge in [-0.1, -0.05) is 0 Å². The normalized spacial score (nSPS) is 5.88. The van der Waals surface area contributed by atoms with E-state index in [0.717, 1.165) is 0 Å². The molecule has 17 heteroatoms. The van der Waals surface area contributed by atoms with Crippen LogP contribution in [0.2, 0.25) is 0 Å². The van der Waals surface area contributed by atoms with Crippen molar-refractivity contribution < 1.29 is 136 Å². The first-order chi connectivity index (χ1) is 6.93. The summed E-state index contributed by atoms with van der Waals surface area (Å²) in [6, 6.07) is 0. The first-order valence-corrected chi connectivity index (χ1v) is 17.9. The Bertz CT molecular complexity index is 292. The van der Waals surface area contributed by atoms with E-state index in [1.54, 1.807) is 0 Å². The number of hydrogen-bond acceptors (Lipinski definition) is 12. The molecule has 0 aliphatic heterocycles. The van der Waals surface area contributed by atoms with Gasteiger partial charge in [0.05, 0.1) is 0 Å². The maximum absolute atomic E-state index is 8.62. The van der Waals surface area contributed by atoms with Crippen LogP contribution in [0, 0.1) is 0 Å². The average Bonchev–Trinajstić information content (AvgIpc) is 1.76. The third-order valence-electron chi connectivity index (χ3n) is 0. The first kappa shape index (κ1) is 31.3. The minimum atomic E-state index is -4.34. The van der Waals surface area contributed by atoms with Crippen molar-refractivity contribution in [1.82, 2.24) is 0 Å². The van der Waals surface area contributed by atoms with Crippen LogP contribution in [0.15, 0.2) is 0 Å². The molecule has 0 aromatic heterocycles. The van der Waals surface area contributed by atoms with Crippen LogP contribution in [0.1, 0.15) is 0 Å². The van der Waals surface area contributed by atoms with Gasteiger partial charge in [0.15, 0.2) is 0 Å². The molecule has 105 valence electrons. The van der Waals surface area contributed by atoms with Crippen molar-refractivity contribution in [3.05, 3.63) is 0 Å². The molecule has 0 aromatic rings. The summed E-state index contributed by atoms with van der Waals surface area (Å²) in [5.41, 5.74) is 0. The fourth-order valence-electron chi connectivity index (χ4n) is 0. The van der Waals surface area contributed by atoms with E-state index in [2.05, 4.69) is 0 Å². The molecule has 0 aliphatic carbocycles. The predicted molar refractivity (Wildman–Crippen MR) is 5.49 cm³/mol. The molecule has 0 rings (SSSR count). The zero-order valence-electron chi connectivity index (χ0n) is 7.02. The van der Waals surface area contributed by atoms with Crippen molar-refractivity contribution in [2.75, 3.05) is 0 Å². The molecule has 0 amide bonds. The van der Waals surface area contributed by atoms with Gasteiger partial charge in [0.25, 0.3) is 0 Å². The molecule has 0 heterocycles. The molecule has 0 saturated heterocycles. The van der Waals surface area contributed by atoms with Gasteiger partial charge in [-0.2, -0.15) is 0 Å². The standard InChI is InChI=1S/Ir.12O.4Ta/q;;;;;;;;;4*-1;;;;. The molecule has 0 spiro atoms. The van der Waals surface area contributed by atoms with Crippen LogP contribution in [-0.4, -0.2) is 0 Å². The summed E-state index contributed by atoms with van der Waals surface area (Å²) in [6.45, 7) is 0. The Morgan fingerprint density at radius 1 is 0.412 bits per heavy atom. The monoisotopic (exact) mass is 1110 g/mol. The zero-order chi connectivity index (χ0) is 14.3. The Kier molecular flexibility index (Phi) is 48.7. The van der Waals surface area contributed by atoms with Gasteiger partial charge < -0.3 is 0 Å². The van der Waals surface area contributed by atoms with Crippen LogP contribution in [0.5, 0.6) is 0 Å². The van der Waals surface area contributed by atoms with Crippen molar-refractivity contribution in [3.8, 4) is 0 Å². The third-order valence-corrected chi connectivity index (χ3v) is 0. The summed E-state index contributed by atoms with van der Waals surface area (Å²) < 4.78 is 103. The van der Waals surface area contributed by atoms with E-state index < -0.39 is 75.1 Å². The summed E-state index contributed by atoms with van der Waals surface area (Å²) in [5.74, 6) is 0. The van der Waals surface area contributed by atoms with E-state index in [4.69, 9.17) is 40.5 Å². The summed E-state index contributed by atoms with van der Waals surface area (Å²) in [5, 5.41) is 0. The molecular weight excluding hydrogens is 1110 g/mol. The Labute approximate surface area is 134 Å². The van der Waals surface area contributed by atoms with Crippen molar-refractivity contribution in [2.24, 2.45) is 0 Å². The molecule has 0 fully saturated rings. The van der Waals surface area contributed by atoms with Gasteiger partial charge in [0.1, 0.15) is 0 Å². The third kappa shape index (κ3) is 1310. The molecule has 0 aromatic carbocycles. The molecule has 0 saturated carbocycles. The van der Waals surface area contributed by atoms with Crippen molar-refractivity contribution in [2.45, 2.75) is 0 Å². The van der Waals surface area contributed by atoms with E-state index in [-0.39, 0.29) is 20.1 Å². The predicted octanol–water partition coefficient (Wildman–Crippen LogP) is -5.72. The van der Waals surface area contributed by atoms with Crippen LogP contribution in [0.3, 0.4) is 0 Å². The molecular formula is IrO12Ta4-4. The molecule has 1 radical (unpaired) electrons. The molecule has 0 unspecified atom stereocenters. The SMILES string of the molecule is [Ir].[O]=[Ta](=[O])[O-].[O]=[Ta](=[O])[O-].[O]=[Ta](=[O])[O-].[O]=[Ta](=[O])[O-]. The van der Waals surface area contributed by atoms with Gasteiger partial charge in [-0.3, -0.25) is 0 Å². The maximum atomic E-state index is 8.62. The van der Waals surface area contributed by atoms with Crippen LogP contribution in [0.25, 0.3) is 0 Å². The van der Waals surface area contributed by atoms with Gasteiger partial charge in [0, 0.05) is 20.1 Å². The van der Waals surface area contributed by atoms with E-state index in [9.17, 15) is 0 Å². The van der Waals surface area contributed by atoms with Gasteiger partial charge in [0.2, 0.25) is 0 Å². The molecule has 12 nitrogen and oxygen atoms in total. The van der Waals surface area contributed by atoms with Crippen molar-refractivity contribution >= 4 is 0 Å². The fraction of sp³-hybridized carbons (Fsp3) is 0. The first-order valence-electron chi connectivity index (χ1n) is 2.19. The van der Waals surface area contributed by atoms with Gasteiger partial charge in [-0.05, 0) is 0 Å². The van der Waals surface area contributed by atoms with Crippen LogP contribution in [-0.2, 0) is 121 Å². The Balaban J connectivity index is -0.0000000369. The quantitative estimate of drug-likeness (QED) is 0.221. The number of rotatable bonds is 0. The van der Waals surface area contributed by atoms with Crippen LogP contribution >= 0.6 is 0 Å². The van der Waals surface area contributed by atoms with Crippen LogP contribution < -0.4 is 14.5 Å². The van der Waals surface area contributed by atoms with E-state index in [1.165, 1.54) is 0 Å². The Morgan fingerprint density at radius 3 is 0.412 bits per heavy atom. The Hall–Kier alpha value is 1.85.